The summed E-state index contributed by atoms with van der Waals surface area (Å²) in [7, 11) is 0. The number of nitrogens with one attached hydrogen (secondary N) is 2. The van der Waals surface area contributed by atoms with E-state index in [9.17, 15) is 14.7 Å². The minimum Gasteiger partial charge on any atom is -0.507 e. The van der Waals surface area contributed by atoms with Gasteiger partial charge in [-0.2, -0.15) is 9.78 Å². The maximum absolute atomic E-state index is 12.6. The number of anilines is 1. The van der Waals surface area contributed by atoms with Crippen molar-refractivity contribution in [2.45, 2.75) is 39.0 Å². The Balaban J connectivity index is 1.61. The zero-order chi connectivity index (χ0) is 22.0. The van der Waals surface area contributed by atoms with Crippen LogP contribution in [0.5, 0.6) is 5.75 Å². The van der Waals surface area contributed by atoms with Crippen molar-refractivity contribution in [3.8, 4) is 17.0 Å². The van der Waals surface area contributed by atoms with E-state index in [4.69, 9.17) is 0 Å². The first kappa shape index (κ1) is 20.7. The van der Waals surface area contributed by atoms with E-state index in [0.717, 1.165) is 30.5 Å². The molecule has 1 aliphatic carbocycles. The summed E-state index contributed by atoms with van der Waals surface area (Å²) in [6, 6.07) is 13.9. The van der Waals surface area contributed by atoms with Crippen LogP contribution in [0.1, 0.15) is 54.2 Å². The molecular weight excluding hydrogens is 392 g/mol. The summed E-state index contributed by atoms with van der Waals surface area (Å²) in [5, 5.41) is 20.5. The second kappa shape index (κ2) is 8.63. The van der Waals surface area contributed by atoms with Gasteiger partial charge in [0.25, 0.3) is 5.91 Å². The van der Waals surface area contributed by atoms with Crippen molar-refractivity contribution in [3.05, 3.63) is 65.4 Å². The van der Waals surface area contributed by atoms with Crippen molar-refractivity contribution in [2.24, 2.45) is 0 Å². The lowest BCUT2D eigenvalue weighted by Gasteiger charge is -2.09. The monoisotopic (exact) mass is 418 g/mol. The van der Waals surface area contributed by atoms with Crippen LogP contribution in [0.4, 0.5) is 10.5 Å². The first-order valence-electron chi connectivity index (χ1n) is 10.6. The van der Waals surface area contributed by atoms with Crippen molar-refractivity contribution in [2.75, 3.05) is 11.9 Å². The molecule has 0 aliphatic heterocycles. The maximum Gasteiger partial charge on any atom is 0.342 e. The molecule has 0 bridgehead atoms. The molecule has 0 saturated heterocycles. The van der Waals surface area contributed by atoms with Crippen molar-refractivity contribution in [3.63, 3.8) is 0 Å². The molecule has 1 heterocycles. The second-order valence-corrected chi connectivity index (χ2v) is 7.71. The Hall–Kier alpha value is -3.61. The number of aromatic nitrogens is 2. The largest absolute Gasteiger partial charge is 0.507 e. The molecule has 0 spiro atoms. The molecule has 2 aromatic carbocycles. The number of carbonyl (C=O) groups is 2. The zero-order valence-corrected chi connectivity index (χ0v) is 17.7. The number of aryl methyl sites for hydroxylation is 1. The predicted molar refractivity (Wildman–Crippen MR) is 120 cm³/mol. The second-order valence-electron chi connectivity index (χ2n) is 7.71. The van der Waals surface area contributed by atoms with Gasteiger partial charge in [0, 0.05) is 29.3 Å². The highest BCUT2D eigenvalue weighted by atomic mass is 16.3. The van der Waals surface area contributed by atoms with Crippen LogP contribution in [0.25, 0.3) is 11.3 Å². The molecule has 1 fully saturated rings. The molecule has 0 radical (unpaired) electrons. The first-order chi connectivity index (χ1) is 15.0. The number of carbonyl (C=O) groups excluding carboxylic acids is 2. The standard InChI is InChI=1S/C24H26N4O3/c1-3-15-5-7-17(8-6-15)23(30)26-18-11-12-22(29)19(13-18)20-14-21(16-9-10-16)28(27-20)24(31)25-4-2/h5-8,11-14,16,29H,3-4,9-10H2,1-2H3,(H,25,31)(H,26,30). The Morgan fingerprint density at radius 1 is 1.10 bits per heavy atom. The van der Waals surface area contributed by atoms with Crippen LogP contribution in [-0.2, 0) is 6.42 Å². The number of hydrogen-bond donors (Lipinski definition) is 3. The molecule has 3 aromatic rings. The number of aromatic hydroxyl groups is 1. The van der Waals surface area contributed by atoms with Gasteiger partial charge in [0.2, 0.25) is 0 Å². The van der Waals surface area contributed by atoms with Crippen LogP contribution in [0.2, 0.25) is 0 Å². The third-order valence-electron chi connectivity index (χ3n) is 5.41. The highest BCUT2D eigenvalue weighted by Crippen LogP contribution is 2.42. The van der Waals surface area contributed by atoms with Gasteiger partial charge in [-0.15, -0.1) is 0 Å². The third kappa shape index (κ3) is 4.45. The smallest absolute Gasteiger partial charge is 0.342 e. The van der Waals surface area contributed by atoms with Crippen LogP contribution in [-0.4, -0.2) is 33.4 Å². The van der Waals surface area contributed by atoms with Gasteiger partial charge >= 0.3 is 6.03 Å². The quantitative estimate of drug-likeness (QED) is 0.513. The fraction of sp³-hybridized carbons (Fsp3) is 0.292. The summed E-state index contributed by atoms with van der Waals surface area (Å²) in [4.78, 5) is 25.0. The lowest BCUT2D eigenvalue weighted by atomic mass is 10.1. The fourth-order valence-corrected chi connectivity index (χ4v) is 3.50. The number of nitrogens with zero attached hydrogens (tertiary/aromatic N) is 2. The van der Waals surface area contributed by atoms with E-state index in [2.05, 4.69) is 22.7 Å². The summed E-state index contributed by atoms with van der Waals surface area (Å²) in [5.74, 6) is 0.110. The van der Waals surface area contributed by atoms with Gasteiger partial charge in [0.05, 0.1) is 11.4 Å². The van der Waals surface area contributed by atoms with E-state index in [1.54, 1.807) is 24.3 Å². The van der Waals surface area contributed by atoms with Crippen LogP contribution in [0.3, 0.4) is 0 Å². The Bertz CT molecular complexity index is 1110. The summed E-state index contributed by atoms with van der Waals surface area (Å²) < 4.78 is 1.39. The van der Waals surface area contributed by atoms with E-state index in [1.807, 2.05) is 25.1 Å². The molecule has 2 amide bonds. The van der Waals surface area contributed by atoms with E-state index in [0.29, 0.717) is 35.0 Å². The van der Waals surface area contributed by atoms with Crippen LogP contribution in [0.15, 0.2) is 48.5 Å². The maximum atomic E-state index is 12.6. The molecule has 1 aliphatic rings. The molecule has 1 aromatic heterocycles. The molecule has 1 saturated carbocycles. The summed E-state index contributed by atoms with van der Waals surface area (Å²) >= 11 is 0. The van der Waals surface area contributed by atoms with Crippen molar-refractivity contribution < 1.29 is 14.7 Å². The molecule has 7 nitrogen and oxygen atoms in total. The minimum atomic E-state index is -0.282. The van der Waals surface area contributed by atoms with Gasteiger partial charge in [-0.1, -0.05) is 19.1 Å². The van der Waals surface area contributed by atoms with Gasteiger partial charge in [0.15, 0.2) is 0 Å². The number of benzene rings is 2. The van der Waals surface area contributed by atoms with Crippen molar-refractivity contribution in [1.82, 2.24) is 15.1 Å². The molecule has 3 N–H and O–H groups in total. The number of hydrogen-bond acceptors (Lipinski definition) is 4. The minimum absolute atomic E-state index is 0.0354. The molecule has 4 rings (SSSR count). The van der Waals surface area contributed by atoms with Gasteiger partial charge in [0.1, 0.15) is 5.75 Å². The Labute approximate surface area is 181 Å². The third-order valence-corrected chi connectivity index (χ3v) is 5.41. The van der Waals surface area contributed by atoms with Gasteiger partial charge < -0.3 is 15.7 Å². The topological polar surface area (TPSA) is 96.3 Å². The van der Waals surface area contributed by atoms with Crippen LogP contribution >= 0.6 is 0 Å². The van der Waals surface area contributed by atoms with Gasteiger partial charge in [-0.05, 0) is 68.1 Å². The molecular formula is C24H26N4O3. The average molecular weight is 418 g/mol. The highest BCUT2D eigenvalue weighted by molar-refractivity contribution is 6.04. The van der Waals surface area contributed by atoms with Gasteiger partial charge in [-0.25, -0.2) is 4.79 Å². The highest BCUT2D eigenvalue weighted by Gasteiger charge is 2.30. The summed E-state index contributed by atoms with van der Waals surface area (Å²) in [6.45, 7) is 4.42. The average Bonchev–Trinajstić information content (AvgIpc) is 3.53. The number of amides is 2. The number of phenols is 1. The molecule has 0 unspecified atom stereocenters. The summed E-state index contributed by atoms with van der Waals surface area (Å²) in [6.07, 6.45) is 2.95. The predicted octanol–water partition coefficient (Wildman–Crippen LogP) is 4.53. The van der Waals surface area contributed by atoms with E-state index >= 15 is 0 Å². The van der Waals surface area contributed by atoms with E-state index < -0.39 is 0 Å². The van der Waals surface area contributed by atoms with Crippen molar-refractivity contribution >= 4 is 17.6 Å². The van der Waals surface area contributed by atoms with E-state index in [-0.39, 0.29) is 17.7 Å². The Kier molecular flexibility index (Phi) is 5.75. The lowest BCUT2D eigenvalue weighted by molar-refractivity contribution is 0.102. The Morgan fingerprint density at radius 2 is 1.84 bits per heavy atom. The fourth-order valence-electron chi connectivity index (χ4n) is 3.50. The normalized spacial score (nSPS) is 13.1. The van der Waals surface area contributed by atoms with E-state index in [1.165, 1.54) is 10.7 Å². The molecule has 7 heteroatoms. The molecule has 160 valence electrons. The van der Waals surface area contributed by atoms with Gasteiger partial charge in [-0.3, -0.25) is 4.79 Å². The molecule has 31 heavy (non-hydrogen) atoms. The van der Waals surface area contributed by atoms with Crippen molar-refractivity contribution in [1.29, 1.82) is 0 Å². The van der Waals surface area contributed by atoms with Crippen LogP contribution < -0.4 is 10.6 Å². The zero-order valence-electron chi connectivity index (χ0n) is 17.7. The SMILES string of the molecule is CCNC(=O)n1nc(-c2cc(NC(=O)c3ccc(CC)cc3)ccc2O)cc1C1CC1. The number of rotatable bonds is 6. The first-order valence-corrected chi connectivity index (χ1v) is 10.6. The molecule has 0 atom stereocenters. The lowest BCUT2D eigenvalue weighted by Crippen LogP contribution is -2.30. The number of phenolic OH excluding ortho intramolecular Hbond substituents is 1. The Morgan fingerprint density at radius 3 is 2.48 bits per heavy atom. The summed E-state index contributed by atoms with van der Waals surface area (Å²) in [5.41, 5.74) is 4.06. The van der Waals surface area contributed by atoms with Crippen LogP contribution in [0, 0.1) is 0 Å².